The molecule has 0 fully saturated rings. The number of benzene rings is 1. The highest BCUT2D eigenvalue weighted by Gasteiger charge is 2.05. The molecule has 0 aliphatic carbocycles. The van der Waals surface area contributed by atoms with E-state index in [1.807, 2.05) is 0 Å². The summed E-state index contributed by atoms with van der Waals surface area (Å²) in [5.41, 5.74) is 0.0703. The van der Waals surface area contributed by atoms with E-state index in [0.29, 0.717) is 6.54 Å². The third kappa shape index (κ3) is 2.79. The van der Waals surface area contributed by atoms with E-state index in [4.69, 9.17) is 0 Å². The van der Waals surface area contributed by atoms with Gasteiger partial charge in [-0.1, -0.05) is 11.8 Å². The average Bonchev–Trinajstić information content (AvgIpc) is 2.14. The highest BCUT2D eigenvalue weighted by molar-refractivity contribution is 9.10. The van der Waals surface area contributed by atoms with Gasteiger partial charge in [0.05, 0.1) is 16.6 Å². The molecule has 0 radical (unpaired) electrons. The molecule has 74 valence electrons. The second kappa shape index (κ2) is 5.08. The molecule has 1 aromatic carbocycles. The first-order chi connectivity index (χ1) is 6.65. The third-order valence-corrected chi connectivity index (χ3v) is 2.11. The molecule has 0 aliphatic rings. The van der Waals surface area contributed by atoms with Crippen LogP contribution in [0.4, 0.5) is 8.78 Å². The first-order valence-corrected chi connectivity index (χ1v) is 4.72. The molecule has 4 heteroatoms. The topological polar surface area (TPSA) is 12.0 Å². The smallest absolute Gasteiger partial charge is 0.140 e. The standard InChI is InChI=1S/C10H8BrF2N/c1-14-4-2-3-7-5-10(13)8(11)6-9(7)12/h5-6,14H,4H2,1H3. The van der Waals surface area contributed by atoms with Crippen LogP contribution >= 0.6 is 15.9 Å². The summed E-state index contributed by atoms with van der Waals surface area (Å²) in [6.45, 7) is 0.442. The molecule has 0 amide bonds. The van der Waals surface area contributed by atoms with Crippen LogP contribution in [0.2, 0.25) is 0 Å². The summed E-state index contributed by atoms with van der Waals surface area (Å²) in [6, 6.07) is 2.14. The molecule has 1 nitrogen and oxygen atoms in total. The van der Waals surface area contributed by atoms with Gasteiger partial charge in [-0.05, 0) is 35.1 Å². The van der Waals surface area contributed by atoms with Crippen molar-refractivity contribution >= 4 is 15.9 Å². The van der Waals surface area contributed by atoms with Gasteiger partial charge in [0.1, 0.15) is 11.6 Å². The minimum Gasteiger partial charge on any atom is -0.309 e. The van der Waals surface area contributed by atoms with Crippen molar-refractivity contribution in [2.45, 2.75) is 0 Å². The van der Waals surface area contributed by atoms with E-state index < -0.39 is 11.6 Å². The zero-order chi connectivity index (χ0) is 10.6. The predicted octanol–water partition coefficient (Wildman–Crippen LogP) is 2.30. The van der Waals surface area contributed by atoms with Gasteiger partial charge in [-0.2, -0.15) is 0 Å². The Balaban J connectivity index is 3.00. The van der Waals surface area contributed by atoms with Crippen LogP contribution in [0, 0.1) is 23.5 Å². The maximum Gasteiger partial charge on any atom is 0.140 e. The highest BCUT2D eigenvalue weighted by Crippen LogP contribution is 2.19. The molecule has 0 unspecified atom stereocenters. The lowest BCUT2D eigenvalue weighted by Gasteiger charge is -1.97. The monoisotopic (exact) mass is 259 g/mol. The summed E-state index contributed by atoms with van der Waals surface area (Å²) in [5.74, 6) is 4.15. The van der Waals surface area contributed by atoms with Gasteiger partial charge in [0.2, 0.25) is 0 Å². The number of rotatable bonds is 1. The van der Waals surface area contributed by atoms with Crippen molar-refractivity contribution in [2.75, 3.05) is 13.6 Å². The SMILES string of the molecule is CNCC#Cc1cc(F)c(Br)cc1F. The van der Waals surface area contributed by atoms with Crippen molar-refractivity contribution in [1.29, 1.82) is 0 Å². The second-order valence-electron chi connectivity index (χ2n) is 2.58. The van der Waals surface area contributed by atoms with E-state index in [1.165, 1.54) is 0 Å². The molecule has 0 saturated carbocycles. The Morgan fingerprint density at radius 3 is 2.71 bits per heavy atom. The van der Waals surface area contributed by atoms with Gasteiger partial charge < -0.3 is 5.32 Å². The Kier molecular flexibility index (Phi) is 4.05. The van der Waals surface area contributed by atoms with Crippen molar-refractivity contribution in [3.63, 3.8) is 0 Å². The minimum absolute atomic E-state index is 0.0703. The lowest BCUT2D eigenvalue weighted by atomic mass is 10.2. The predicted molar refractivity (Wildman–Crippen MR) is 54.9 cm³/mol. The maximum absolute atomic E-state index is 13.1. The van der Waals surface area contributed by atoms with Gasteiger partial charge in [-0.15, -0.1) is 0 Å². The molecule has 1 N–H and O–H groups in total. The van der Waals surface area contributed by atoms with E-state index in [0.717, 1.165) is 12.1 Å². The molecule has 0 spiro atoms. The average molecular weight is 260 g/mol. The molecular formula is C10H8BrF2N. The number of nitrogens with one attached hydrogen (secondary N) is 1. The molecule has 0 heterocycles. The van der Waals surface area contributed by atoms with Crippen LogP contribution in [0.15, 0.2) is 16.6 Å². The van der Waals surface area contributed by atoms with Gasteiger partial charge in [-0.25, -0.2) is 8.78 Å². The Bertz CT molecular complexity index is 393. The molecule has 0 aromatic heterocycles. The largest absolute Gasteiger partial charge is 0.309 e. The van der Waals surface area contributed by atoms with Crippen molar-refractivity contribution in [3.8, 4) is 11.8 Å². The fourth-order valence-electron chi connectivity index (χ4n) is 0.846. The molecule has 1 rings (SSSR count). The number of halogens is 3. The molecule has 0 saturated heterocycles. The van der Waals surface area contributed by atoms with Crippen LogP contribution in [0.25, 0.3) is 0 Å². The van der Waals surface area contributed by atoms with Crippen LogP contribution in [0.3, 0.4) is 0 Å². The van der Waals surface area contributed by atoms with Gasteiger partial charge in [-0.3, -0.25) is 0 Å². The van der Waals surface area contributed by atoms with Crippen LogP contribution in [-0.2, 0) is 0 Å². The number of hydrogen-bond donors (Lipinski definition) is 1. The summed E-state index contributed by atoms with van der Waals surface area (Å²) < 4.78 is 26.2. The van der Waals surface area contributed by atoms with Crippen molar-refractivity contribution in [1.82, 2.24) is 5.32 Å². The highest BCUT2D eigenvalue weighted by atomic mass is 79.9. The van der Waals surface area contributed by atoms with Gasteiger partial charge in [0, 0.05) is 0 Å². The van der Waals surface area contributed by atoms with Crippen molar-refractivity contribution in [3.05, 3.63) is 33.8 Å². The molecule has 1 aromatic rings. The van der Waals surface area contributed by atoms with Crippen LogP contribution < -0.4 is 5.32 Å². The van der Waals surface area contributed by atoms with Gasteiger partial charge in [0.25, 0.3) is 0 Å². The summed E-state index contributed by atoms with van der Waals surface area (Å²) in [5, 5.41) is 2.78. The Morgan fingerprint density at radius 2 is 2.07 bits per heavy atom. The maximum atomic E-state index is 13.1. The van der Waals surface area contributed by atoms with Gasteiger partial charge >= 0.3 is 0 Å². The lowest BCUT2D eigenvalue weighted by Crippen LogP contribution is -2.04. The fraction of sp³-hybridized carbons (Fsp3) is 0.200. The summed E-state index contributed by atoms with van der Waals surface area (Å²) in [6.07, 6.45) is 0. The Hall–Kier alpha value is -0.920. The van der Waals surface area contributed by atoms with E-state index in [2.05, 4.69) is 33.1 Å². The lowest BCUT2D eigenvalue weighted by molar-refractivity contribution is 0.591. The van der Waals surface area contributed by atoms with Crippen molar-refractivity contribution in [2.24, 2.45) is 0 Å². The zero-order valence-corrected chi connectivity index (χ0v) is 9.08. The van der Waals surface area contributed by atoms with Crippen LogP contribution in [-0.4, -0.2) is 13.6 Å². The first-order valence-electron chi connectivity index (χ1n) is 3.93. The third-order valence-electron chi connectivity index (χ3n) is 1.50. The van der Waals surface area contributed by atoms with Gasteiger partial charge in [0.15, 0.2) is 0 Å². The van der Waals surface area contributed by atoms with E-state index in [-0.39, 0.29) is 10.0 Å². The van der Waals surface area contributed by atoms with E-state index >= 15 is 0 Å². The molecule has 0 bridgehead atoms. The van der Waals surface area contributed by atoms with E-state index in [1.54, 1.807) is 7.05 Å². The summed E-state index contributed by atoms with van der Waals surface area (Å²) in [7, 11) is 1.73. The summed E-state index contributed by atoms with van der Waals surface area (Å²) >= 11 is 2.89. The van der Waals surface area contributed by atoms with E-state index in [9.17, 15) is 8.78 Å². The second-order valence-corrected chi connectivity index (χ2v) is 3.43. The Labute approximate surface area is 89.6 Å². The molecular weight excluding hydrogens is 252 g/mol. The van der Waals surface area contributed by atoms with Crippen LogP contribution in [0.1, 0.15) is 5.56 Å². The first kappa shape index (κ1) is 11.2. The quantitative estimate of drug-likeness (QED) is 0.603. The minimum atomic E-state index is -0.526. The summed E-state index contributed by atoms with van der Waals surface area (Å²) in [4.78, 5) is 0. The molecule has 0 atom stereocenters. The zero-order valence-electron chi connectivity index (χ0n) is 7.50. The Morgan fingerprint density at radius 1 is 1.36 bits per heavy atom. The van der Waals surface area contributed by atoms with Crippen LogP contribution in [0.5, 0.6) is 0 Å². The normalized spacial score (nSPS) is 9.43. The fourth-order valence-corrected chi connectivity index (χ4v) is 1.16. The number of hydrogen-bond acceptors (Lipinski definition) is 1. The molecule has 0 aliphatic heterocycles. The van der Waals surface area contributed by atoms with Crippen molar-refractivity contribution < 1.29 is 8.78 Å². The molecule has 14 heavy (non-hydrogen) atoms.